The van der Waals surface area contributed by atoms with Crippen LogP contribution in [0.4, 0.5) is 0 Å². The molecule has 0 unspecified atom stereocenters. The molecule has 0 aromatic carbocycles. The first-order chi connectivity index (χ1) is 15.7. The SMILES string of the molecule is CC(=O)c1ccc(-c2nccc3[nH]c(-c4[nH]nc5ncc(-c6cncnc6)cc45)nc23)s1. The van der Waals surface area contributed by atoms with Crippen molar-refractivity contribution in [2.75, 3.05) is 0 Å². The Morgan fingerprint density at radius 2 is 1.91 bits per heavy atom. The molecule has 0 aliphatic heterocycles. The third-order valence-corrected chi connectivity index (χ3v) is 6.32. The van der Waals surface area contributed by atoms with Crippen LogP contribution in [0.5, 0.6) is 0 Å². The van der Waals surface area contributed by atoms with Gasteiger partial charge in [0.2, 0.25) is 0 Å². The molecule has 0 aliphatic carbocycles. The Kier molecular flexibility index (Phi) is 4.12. The molecule has 0 bridgehead atoms. The summed E-state index contributed by atoms with van der Waals surface area (Å²) in [5, 5.41) is 8.20. The number of ketones is 1. The number of aromatic nitrogens is 8. The van der Waals surface area contributed by atoms with Gasteiger partial charge in [0.15, 0.2) is 17.3 Å². The van der Waals surface area contributed by atoms with Crippen molar-refractivity contribution in [2.45, 2.75) is 6.92 Å². The molecule has 10 heteroatoms. The third-order valence-electron chi connectivity index (χ3n) is 5.13. The number of nitrogens with zero attached hydrogens (tertiary/aromatic N) is 6. The number of carbonyl (C=O) groups is 1. The number of hydrogen-bond donors (Lipinski definition) is 2. The molecule has 0 aliphatic rings. The van der Waals surface area contributed by atoms with Crippen molar-refractivity contribution >= 4 is 39.2 Å². The number of nitrogens with one attached hydrogen (secondary N) is 2. The first-order valence-electron chi connectivity index (χ1n) is 9.73. The number of thiophene rings is 1. The molecule has 0 fully saturated rings. The van der Waals surface area contributed by atoms with Gasteiger partial charge in [-0.3, -0.25) is 14.9 Å². The highest BCUT2D eigenvalue weighted by atomic mass is 32.1. The van der Waals surface area contributed by atoms with Gasteiger partial charge in [0.1, 0.15) is 23.2 Å². The molecule has 32 heavy (non-hydrogen) atoms. The standard InChI is InChI=1S/C22H14N8OS/c1-11(31)16-2-3-17(32-16)20-19-15(4-5-25-20)27-22(28-19)18-14-6-12(9-26-21(14)30-29-18)13-7-23-10-24-8-13/h2-10H,1H3,(H,27,28)(H,26,29,30). The van der Waals surface area contributed by atoms with Crippen molar-refractivity contribution < 1.29 is 4.79 Å². The predicted octanol–water partition coefficient (Wildman–Crippen LogP) is 4.28. The number of fused-ring (bicyclic) bond motifs is 2. The number of Topliss-reactive ketones (excluding diaryl/α,β-unsaturated/α-hetero) is 1. The molecule has 6 aromatic heterocycles. The lowest BCUT2D eigenvalue weighted by molar-refractivity contribution is 0.102. The summed E-state index contributed by atoms with van der Waals surface area (Å²) in [5.74, 6) is 0.663. The van der Waals surface area contributed by atoms with Crippen molar-refractivity contribution in [1.29, 1.82) is 0 Å². The van der Waals surface area contributed by atoms with Gasteiger partial charge in [0.05, 0.1) is 20.7 Å². The van der Waals surface area contributed by atoms with Crippen LogP contribution in [0.15, 0.2) is 55.4 Å². The molecule has 2 N–H and O–H groups in total. The van der Waals surface area contributed by atoms with Gasteiger partial charge in [-0.1, -0.05) is 0 Å². The Balaban J connectivity index is 1.49. The summed E-state index contributed by atoms with van der Waals surface area (Å²) in [4.78, 5) is 38.6. The van der Waals surface area contributed by atoms with Crippen LogP contribution in [0.3, 0.4) is 0 Å². The molecule has 0 atom stereocenters. The number of H-pyrrole nitrogens is 2. The van der Waals surface area contributed by atoms with E-state index in [-0.39, 0.29) is 5.78 Å². The second-order valence-corrected chi connectivity index (χ2v) is 8.27. The van der Waals surface area contributed by atoms with E-state index in [4.69, 9.17) is 4.98 Å². The molecule has 9 nitrogen and oxygen atoms in total. The highest BCUT2D eigenvalue weighted by Crippen LogP contribution is 2.34. The van der Waals surface area contributed by atoms with Gasteiger partial charge in [-0.15, -0.1) is 11.3 Å². The van der Waals surface area contributed by atoms with Crippen LogP contribution in [-0.4, -0.2) is 45.9 Å². The minimum atomic E-state index is 0.0344. The minimum absolute atomic E-state index is 0.0344. The normalized spacial score (nSPS) is 11.4. The van der Waals surface area contributed by atoms with Crippen LogP contribution < -0.4 is 0 Å². The molecule has 6 rings (SSSR count). The number of pyridine rings is 2. The summed E-state index contributed by atoms with van der Waals surface area (Å²) in [6, 6.07) is 7.59. The number of rotatable bonds is 4. The lowest BCUT2D eigenvalue weighted by Gasteiger charge is -2.00. The van der Waals surface area contributed by atoms with E-state index in [9.17, 15) is 4.79 Å². The topological polar surface area (TPSA) is 126 Å². The van der Waals surface area contributed by atoms with Crippen LogP contribution in [0.25, 0.3) is 55.3 Å². The van der Waals surface area contributed by atoms with E-state index in [2.05, 4.69) is 35.1 Å². The van der Waals surface area contributed by atoms with Gasteiger partial charge in [0.25, 0.3) is 0 Å². The van der Waals surface area contributed by atoms with Crippen molar-refractivity contribution in [3.63, 3.8) is 0 Å². The number of carbonyl (C=O) groups excluding carboxylic acids is 1. The molecule has 0 saturated heterocycles. The Labute approximate surface area is 184 Å². The molecule has 6 aromatic rings. The molecule has 0 spiro atoms. The maximum absolute atomic E-state index is 11.7. The van der Waals surface area contributed by atoms with Crippen LogP contribution in [0, 0.1) is 0 Å². The van der Waals surface area contributed by atoms with Crippen molar-refractivity contribution in [3.05, 3.63) is 60.3 Å². The molecular formula is C22H14N8OS. The average molecular weight is 438 g/mol. The fraction of sp³-hybridized carbons (Fsp3) is 0.0455. The van der Waals surface area contributed by atoms with Crippen molar-refractivity contribution in [3.8, 4) is 33.2 Å². The van der Waals surface area contributed by atoms with Gasteiger partial charge >= 0.3 is 0 Å². The summed E-state index contributed by atoms with van der Waals surface area (Å²) in [7, 11) is 0. The largest absolute Gasteiger partial charge is 0.337 e. The second kappa shape index (κ2) is 7.13. The molecule has 0 amide bonds. The average Bonchev–Trinajstić information content (AvgIpc) is 3.56. The fourth-order valence-corrected chi connectivity index (χ4v) is 4.47. The number of imidazole rings is 1. The van der Waals surface area contributed by atoms with Crippen LogP contribution in [0.1, 0.15) is 16.6 Å². The summed E-state index contributed by atoms with van der Waals surface area (Å²) in [6.07, 6.45) is 8.45. The maximum Gasteiger partial charge on any atom is 0.181 e. The monoisotopic (exact) mass is 438 g/mol. The fourth-order valence-electron chi connectivity index (χ4n) is 3.57. The summed E-state index contributed by atoms with van der Waals surface area (Å²) >= 11 is 1.41. The van der Waals surface area contributed by atoms with E-state index in [0.717, 1.165) is 43.8 Å². The zero-order chi connectivity index (χ0) is 21.7. The number of aromatic amines is 2. The zero-order valence-corrected chi connectivity index (χ0v) is 17.5. The lowest BCUT2D eigenvalue weighted by atomic mass is 10.1. The first-order valence-corrected chi connectivity index (χ1v) is 10.5. The number of hydrogen-bond acceptors (Lipinski definition) is 8. The molecule has 0 radical (unpaired) electrons. The van der Waals surface area contributed by atoms with Gasteiger partial charge in [0, 0.05) is 35.9 Å². The Bertz CT molecular complexity index is 1620. The maximum atomic E-state index is 11.7. The van der Waals surface area contributed by atoms with Crippen LogP contribution in [-0.2, 0) is 0 Å². The van der Waals surface area contributed by atoms with Crippen LogP contribution >= 0.6 is 11.3 Å². The van der Waals surface area contributed by atoms with Gasteiger partial charge < -0.3 is 4.98 Å². The van der Waals surface area contributed by atoms with E-state index in [1.54, 1.807) is 31.7 Å². The zero-order valence-electron chi connectivity index (χ0n) is 16.7. The highest BCUT2D eigenvalue weighted by molar-refractivity contribution is 7.17. The first kappa shape index (κ1) is 18.5. The van der Waals surface area contributed by atoms with Gasteiger partial charge in [-0.2, -0.15) is 5.10 Å². The van der Waals surface area contributed by atoms with Gasteiger partial charge in [-0.05, 0) is 31.2 Å². The lowest BCUT2D eigenvalue weighted by Crippen LogP contribution is -1.86. The summed E-state index contributed by atoms with van der Waals surface area (Å²) < 4.78 is 0. The smallest absolute Gasteiger partial charge is 0.181 e. The van der Waals surface area contributed by atoms with Crippen LogP contribution in [0.2, 0.25) is 0 Å². The van der Waals surface area contributed by atoms with E-state index in [1.807, 2.05) is 24.3 Å². The molecule has 0 saturated carbocycles. The molecule has 6 heterocycles. The summed E-state index contributed by atoms with van der Waals surface area (Å²) in [6.45, 7) is 1.56. The molecular weight excluding hydrogens is 424 g/mol. The van der Waals surface area contributed by atoms with E-state index >= 15 is 0 Å². The van der Waals surface area contributed by atoms with Gasteiger partial charge in [-0.25, -0.2) is 19.9 Å². The van der Waals surface area contributed by atoms with Crippen molar-refractivity contribution in [1.82, 2.24) is 40.1 Å². The Morgan fingerprint density at radius 3 is 2.72 bits per heavy atom. The van der Waals surface area contributed by atoms with Crippen molar-refractivity contribution in [2.24, 2.45) is 0 Å². The quantitative estimate of drug-likeness (QED) is 0.393. The Hall–Kier alpha value is -4.31. The highest BCUT2D eigenvalue weighted by Gasteiger charge is 2.17. The molecule has 154 valence electrons. The van der Waals surface area contributed by atoms with E-state index in [1.165, 1.54) is 17.7 Å². The van der Waals surface area contributed by atoms with E-state index in [0.29, 0.717) is 16.3 Å². The predicted molar refractivity (Wildman–Crippen MR) is 121 cm³/mol. The Morgan fingerprint density at radius 1 is 1.03 bits per heavy atom. The summed E-state index contributed by atoms with van der Waals surface area (Å²) in [5.41, 5.74) is 5.35. The minimum Gasteiger partial charge on any atom is -0.337 e. The second-order valence-electron chi connectivity index (χ2n) is 7.18. The van der Waals surface area contributed by atoms with E-state index < -0.39 is 0 Å². The third kappa shape index (κ3) is 2.96.